The largest absolute Gasteiger partial charge is 0.465 e. The molecular weight excluding hydrogens is 280 g/mol. The second-order valence-corrected chi connectivity index (χ2v) is 5.69. The van der Waals surface area contributed by atoms with E-state index in [9.17, 15) is 25.0 Å². The number of rotatable bonds is 5. The van der Waals surface area contributed by atoms with Gasteiger partial charge in [-0.3, -0.25) is 25.0 Å². The minimum absolute atomic E-state index is 0.125. The fraction of sp³-hybridized carbons (Fsp3) is 0.462. The average molecular weight is 296 g/mol. The lowest BCUT2D eigenvalue weighted by molar-refractivity contribution is -0.395. The maximum atomic E-state index is 11.7. The highest BCUT2D eigenvalue weighted by Gasteiger charge is 2.27. The molecule has 0 saturated heterocycles. The summed E-state index contributed by atoms with van der Waals surface area (Å²) in [6, 6.07) is 3.46. The van der Waals surface area contributed by atoms with Gasteiger partial charge in [-0.1, -0.05) is 20.8 Å². The second-order valence-electron chi connectivity index (χ2n) is 5.69. The number of nitro groups is 2. The van der Waals surface area contributed by atoms with Crippen molar-refractivity contribution in [1.29, 1.82) is 0 Å². The highest BCUT2D eigenvalue weighted by molar-refractivity contribution is 5.76. The smallest absolute Gasteiger partial charge is 0.310 e. The minimum atomic E-state index is -0.751. The molecule has 0 aliphatic carbocycles. The lowest BCUT2D eigenvalue weighted by Gasteiger charge is -2.17. The molecule has 0 unspecified atom stereocenters. The molecule has 0 bridgehead atoms. The van der Waals surface area contributed by atoms with E-state index in [2.05, 4.69) is 0 Å². The zero-order valence-corrected chi connectivity index (χ0v) is 12.0. The van der Waals surface area contributed by atoms with Gasteiger partial charge in [-0.25, -0.2) is 0 Å². The first kappa shape index (κ1) is 16.5. The van der Waals surface area contributed by atoms with Gasteiger partial charge in [0.1, 0.15) is 5.56 Å². The van der Waals surface area contributed by atoms with Crippen LogP contribution < -0.4 is 0 Å². The first-order valence-electron chi connectivity index (χ1n) is 6.18. The fourth-order valence-corrected chi connectivity index (χ4v) is 1.58. The average Bonchev–Trinajstić information content (AvgIpc) is 2.35. The summed E-state index contributed by atoms with van der Waals surface area (Å²) < 4.78 is 5.00. The van der Waals surface area contributed by atoms with E-state index in [4.69, 9.17) is 4.74 Å². The third kappa shape index (κ3) is 4.83. The van der Waals surface area contributed by atoms with Gasteiger partial charge < -0.3 is 4.74 Å². The van der Waals surface area contributed by atoms with E-state index in [-0.39, 0.29) is 17.6 Å². The third-order valence-electron chi connectivity index (χ3n) is 2.51. The quantitative estimate of drug-likeness (QED) is 0.469. The molecule has 0 fully saturated rings. The van der Waals surface area contributed by atoms with Gasteiger partial charge in [-0.15, -0.1) is 0 Å². The van der Waals surface area contributed by atoms with E-state index in [1.54, 1.807) is 0 Å². The molecule has 0 saturated carbocycles. The topological polar surface area (TPSA) is 113 Å². The number of nitrogens with zero attached hydrogens (tertiary/aromatic N) is 2. The highest BCUT2D eigenvalue weighted by Crippen LogP contribution is 2.29. The lowest BCUT2D eigenvalue weighted by Crippen LogP contribution is -2.20. The summed E-state index contributed by atoms with van der Waals surface area (Å²) in [5, 5.41) is 21.9. The maximum Gasteiger partial charge on any atom is 0.310 e. The molecule has 0 amide bonds. The summed E-state index contributed by atoms with van der Waals surface area (Å²) in [6.07, 6.45) is -0.510. The summed E-state index contributed by atoms with van der Waals surface area (Å²) in [4.78, 5) is 32.1. The fourth-order valence-electron chi connectivity index (χ4n) is 1.58. The van der Waals surface area contributed by atoms with Crippen molar-refractivity contribution in [2.75, 3.05) is 6.61 Å². The van der Waals surface area contributed by atoms with Crippen LogP contribution in [0.3, 0.4) is 0 Å². The summed E-state index contributed by atoms with van der Waals surface area (Å²) in [5.41, 5.74) is -1.43. The van der Waals surface area contributed by atoms with Gasteiger partial charge in [0.2, 0.25) is 0 Å². The Bertz CT molecular complexity index is 544. The van der Waals surface area contributed by atoms with E-state index in [1.807, 2.05) is 20.8 Å². The number of esters is 1. The van der Waals surface area contributed by atoms with Crippen molar-refractivity contribution in [2.45, 2.75) is 27.2 Å². The molecule has 114 valence electrons. The molecule has 0 aliphatic heterocycles. The normalized spacial score (nSPS) is 11.0. The van der Waals surface area contributed by atoms with Gasteiger partial charge in [0, 0.05) is 12.1 Å². The number of benzene rings is 1. The van der Waals surface area contributed by atoms with Crippen molar-refractivity contribution in [3.63, 3.8) is 0 Å². The maximum absolute atomic E-state index is 11.7. The number of carbonyl (C=O) groups is 1. The zero-order valence-electron chi connectivity index (χ0n) is 12.0. The molecule has 0 radical (unpaired) electrons. The zero-order chi connectivity index (χ0) is 16.2. The van der Waals surface area contributed by atoms with Gasteiger partial charge in [0.15, 0.2) is 0 Å². The molecule has 0 atom stereocenters. The SMILES string of the molecule is CC(C)(C)COC(=O)Cc1c([N+](=O)[O-])cccc1[N+](=O)[O-]. The molecule has 8 nitrogen and oxygen atoms in total. The first-order chi connectivity index (χ1) is 9.61. The van der Waals surface area contributed by atoms with Crippen LogP contribution in [0.15, 0.2) is 18.2 Å². The number of hydrogen-bond acceptors (Lipinski definition) is 6. The van der Waals surface area contributed by atoms with Crippen LogP contribution in [0.1, 0.15) is 26.3 Å². The molecule has 1 aromatic carbocycles. The molecule has 1 rings (SSSR count). The summed E-state index contributed by atoms with van der Waals surface area (Å²) in [7, 11) is 0. The first-order valence-corrected chi connectivity index (χ1v) is 6.18. The van der Waals surface area contributed by atoms with E-state index in [0.29, 0.717) is 0 Å². The Balaban J connectivity index is 3.03. The second kappa shape index (κ2) is 6.29. The van der Waals surface area contributed by atoms with Gasteiger partial charge in [0.05, 0.1) is 22.9 Å². The Hall–Kier alpha value is -2.51. The Morgan fingerprint density at radius 2 is 1.62 bits per heavy atom. The van der Waals surface area contributed by atoms with Crippen molar-refractivity contribution in [3.8, 4) is 0 Å². The van der Waals surface area contributed by atoms with E-state index < -0.39 is 33.6 Å². The van der Waals surface area contributed by atoms with Crippen LogP contribution in [-0.2, 0) is 16.0 Å². The minimum Gasteiger partial charge on any atom is -0.465 e. The summed E-state index contributed by atoms with van der Waals surface area (Å²) >= 11 is 0. The van der Waals surface area contributed by atoms with E-state index in [1.165, 1.54) is 6.07 Å². The van der Waals surface area contributed by atoms with Gasteiger partial charge in [0.25, 0.3) is 11.4 Å². The molecule has 0 spiro atoms. The predicted molar refractivity (Wildman–Crippen MR) is 73.9 cm³/mol. The van der Waals surface area contributed by atoms with E-state index >= 15 is 0 Å². The van der Waals surface area contributed by atoms with Crippen molar-refractivity contribution in [1.82, 2.24) is 0 Å². The van der Waals surface area contributed by atoms with Crippen LogP contribution in [-0.4, -0.2) is 22.4 Å². The monoisotopic (exact) mass is 296 g/mol. The van der Waals surface area contributed by atoms with Crippen LogP contribution in [0.4, 0.5) is 11.4 Å². The Morgan fingerprint density at radius 1 is 1.14 bits per heavy atom. The van der Waals surface area contributed by atoms with Crippen LogP contribution >= 0.6 is 0 Å². The van der Waals surface area contributed by atoms with Crippen molar-refractivity contribution >= 4 is 17.3 Å². The third-order valence-corrected chi connectivity index (χ3v) is 2.51. The highest BCUT2D eigenvalue weighted by atomic mass is 16.6. The van der Waals surface area contributed by atoms with Crippen LogP contribution in [0.25, 0.3) is 0 Å². The predicted octanol–water partition coefficient (Wildman–Crippen LogP) is 2.63. The summed E-state index contributed by atoms with van der Waals surface area (Å²) in [5.74, 6) is -0.734. The van der Waals surface area contributed by atoms with Gasteiger partial charge in [-0.2, -0.15) is 0 Å². The molecule has 0 heterocycles. The molecule has 0 N–H and O–H groups in total. The number of hydrogen-bond donors (Lipinski definition) is 0. The van der Waals surface area contributed by atoms with E-state index in [0.717, 1.165) is 12.1 Å². The van der Waals surface area contributed by atoms with Crippen LogP contribution in [0.2, 0.25) is 0 Å². The molecule has 0 aromatic heterocycles. The lowest BCUT2D eigenvalue weighted by atomic mass is 9.99. The Morgan fingerprint density at radius 3 is 2.00 bits per heavy atom. The Kier molecular flexibility index (Phi) is 4.96. The molecular formula is C13H16N2O6. The van der Waals surface area contributed by atoms with Crippen molar-refractivity contribution < 1.29 is 19.4 Å². The van der Waals surface area contributed by atoms with Crippen LogP contribution in [0.5, 0.6) is 0 Å². The van der Waals surface area contributed by atoms with Crippen molar-refractivity contribution in [2.24, 2.45) is 5.41 Å². The van der Waals surface area contributed by atoms with Crippen molar-refractivity contribution in [3.05, 3.63) is 44.0 Å². The van der Waals surface area contributed by atoms with Crippen LogP contribution in [0, 0.1) is 25.6 Å². The summed E-state index contributed by atoms with van der Waals surface area (Å²) in [6.45, 7) is 5.69. The van der Waals surface area contributed by atoms with Gasteiger partial charge in [-0.05, 0) is 11.5 Å². The molecule has 1 aromatic rings. The number of nitro benzene ring substituents is 2. The molecule has 8 heteroatoms. The molecule has 21 heavy (non-hydrogen) atoms. The Labute approximate surface area is 121 Å². The standard InChI is InChI=1S/C13H16N2O6/c1-13(2,3)8-21-12(16)7-9-10(14(17)18)5-4-6-11(9)15(19)20/h4-6H,7-8H2,1-3H3. The van der Waals surface area contributed by atoms with Gasteiger partial charge >= 0.3 is 5.97 Å². The molecule has 0 aliphatic rings. The number of ether oxygens (including phenoxy) is 1. The number of carbonyl (C=O) groups excluding carboxylic acids is 1.